The van der Waals surface area contributed by atoms with Gasteiger partial charge in [-0.2, -0.15) is 0 Å². The second kappa shape index (κ2) is 25.6. The molecule has 0 amide bonds. The molecule has 1 aromatic carbocycles. The van der Waals surface area contributed by atoms with E-state index in [0.717, 1.165) is 62.1 Å². The van der Waals surface area contributed by atoms with Gasteiger partial charge in [0.2, 0.25) is 0 Å². The van der Waals surface area contributed by atoms with E-state index in [4.69, 9.17) is 22.3 Å². The second-order valence-corrected chi connectivity index (χ2v) is 12.4. The van der Waals surface area contributed by atoms with Crippen molar-refractivity contribution in [3.05, 3.63) is 97.9 Å². The summed E-state index contributed by atoms with van der Waals surface area (Å²) in [6.45, 7) is 13.3. The van der Waals surface area contributed by atoms with Crippen molar-refractivity contribution in [2.75, 3.05) is 6.54 Å². The molecular weight excluding hydrogens is 690 g/mol. The van der Waals surface area contributed by atoms with Gasteiger partial charge in [-0.1, -0.05) is 51.8 Å². The van der Waals surface area contributed by atoms with E-state index in [0.29, 0.717) is 56.2 Å². The van der Waals surface area contributed by atoms with Gasteiger partial charge in [-0.05, 0) is 52.6 Å². The number of aliphatic hydroxyl groups is 3. The summed E-state index contributed by atoms with van der Waals surface area (Å²) in [5.41, 5.74) is 24.6. The van der Waals surface area contributed by atoms with Crippen LogP contribution < -0.4 is 22.5 Å². The Balaban J connectivity index is 0.000000365. The number of aliphatic hydroxyl groups excluding tert-OH is 3. The number of benzene rings is 1. The minimum Gasteiger partial charge on any atom is -0.508 e. The summed E-state index contributed by atoms with van der Waals surface area (Å²) < 4.78 is 0. The van der Waals surface area contributed by atoms with E-state index in [1.165, 1.54) is 6.20 Å². The first kappa shape index (κ1) is 47.6. The van der Waals surface area contributed by atoms with E-state index in [1.807, 2.05) is 32.0 Å². The van der Waals surface area contributed by atoms with Crippen molar-refractivity contribution in [3.8, 4) is 23.0 Å². The monoisotopic (exact) mass is 753 g/mol. The minimum atomic E-state index is -0.145. The van der Waals surface area contributed by atoms with E-state index in [2.05, 4.69) is 27.2 Å². The summed E-state index contributed by atoms with van der Waals surface area (Å²) >= 11 is 0. The summed E-state index contributed by atoms with van der Waals surface area (Å²) in [4.78, 5) is 12.5. The van der Waals surface area contributed by atoms with Gasteiger partial charge in [-0.15, -0.1) is 0 Å². The summed E-state index contributed by atoms with van der Waals surface area (Å²) in [6.07, 6.45) is 6.42. The summed E-state index contributed by atoms with van der Waals surface area (Å²) in [5, 5.41) is 68.9. The molecule has 4 rings (SSSR count). The van der Waals surface area contributed by atoms with E-state index in [9.17, 15) is 30.6 Å². The molecule has 54 heavy (non-hydrogen) atoms. The van der Waals surface area contributed by atoms with Crippen LogP contribution in [0.5, 0.6) is 23.0 Å². The molecule has 0 bridgehead atoms. The smallest absolute Gasteiger partial charge is 0.141 e. The van der Waals surface area contributed by atoms with Crippen LogP contribution in [0.2, 0.25) is 0 Å². The van der Waals surface area contributed by atoms with Crippen LogP contribution in [-0.2, 0) is 58.8 Å². The second-order valence-electron chi connectivity index (χ2n) is 12.4. The third-order valence-corrected chi connectivity index (χ3v) is 8.73. The zero-order chi connectivity index (χ0) is 40.8. The number of aryl methyl sites for hydroxylation is 5. The molecule has 0 spiro atoms. The van der Waals surface area contributed by atoms with Crippen molar-refractivity contribution < 1.29 is 35.7 Å². The van der Waals surface area contributed by atoms with Crippen LogP contribution in [0.1, 0.15) is 107 Å². The van der Waals surface area contributed by atoms with E-state index in [-0.39, 0.29) is 56.7 Å². The average Bonchev–Trinajstić information content (AvgIpc) is 3.18. The topological polar surface area (TPSA) is 270 Å². The number of hydrogen-bond acceptors (Lipinski definition) is 14. The Labute approximate surface area is 319 Å². The highest BCUT2D eigenvalue weighted by molar-refractivity contribution is 5.45. The van der Waals surface area contributed by atoms with E-state index < -0.39 is 0 Å². The van der Waals surface area contributed by atoms with Gasteiger partial charge in [0.15, 0.2) is 0 Å². The van der Waals surface area contributed by atoms with Gasteiger partial charge in [-0.25, -0.2) is 0 Å². The fourth-order valence-corrected chi connectivity index (χ4v) is 5.54. The first-order chi connectivity index (χ1) is 25.8. The number of nitrogens with zero attached hydrogens (tertiary/aromatic N) is 3. The Kier molecular flexibility index (Phi) is 22.6. The molecule has 0 radical (unpaired) electrons. The van der Waals surface area contributed by atoms with Crippen molar-refractivity contribution in [2.24, 2.45) is 17.2 Å². The maximum Gasteiger partial charge on any atom is 0.141 e. The Hall–Kier alpha value is -4.41. The van der Waals surface area contributed by atoms with Crippen LogP contribution in [0.25, 0.3) is 0 Å². The molecule has 14 N–H and O–H groups in total. The molecule has 0 aliphatic carbocycles. The lowest BCUT2D eigenvalue weighted by Gasteiger charge is -2.14. The molecule has 3 heterocycles. The van der Waals surface area contributed by atoms with Crippen molar-refractivity contribution in [1.82, 2.24) is 20.3 Å². The summed E-state index contributed by atoms with van der Waals surface area (Å²) in [7, 11) is 0. The molecule has 0 aliphatic heterocycles. The van der Waals surface area contributed by atoms with Crippen LogP contribution in [0.3, 0.4) is 0 Å². The van der Waals surface area contributed by atoms with Crippen molar-refractivity contribution >= 4 is 0 Å². The predicted octanol–water partition coefficient (Wildman–Crippen LogP) is 3.94. The molecule has 14 heteroatoms. The summed E-state index contributed by atoms with van der Waals surface area (Å²) in [6, 6.07) is 7.36. The number of nitrogens with two attached hydrogens (primary N) is 3. The quantitative estimate of drug-likeness (QED) is 0.0815. The van der Waals surface area contributed by atoms with Crippen molar-refractivity contribution in [3.63, 3.8) is 0 Å². The third kappa shape index (κ3) is 13.8. The molecule has 0 aliphatic rings. The standard InChI is InChI=1S/C13H22N2O2.C10H16N2O2.C9H13NO.C8H12N2O2/c1-3-4-5-6-12-11(8-16)10(7-14)13(17)9(2)15-12;1-3-9-8(5-13)7(4-11)10(14)6(2)12-9;1-2-10-7-8-5-3-4-6-9(8)11;1-5-8(12)7(2-9)6(4-11)3-10-5/h16-17H,3-8,14H2,1-2H3;13-14H,3-5,11H2,1-2H3;3-6,10-11H,2,7H2,1H3;3,11-12H,2,4,9H2,1H3. The molecule has 0 unspecified atom stereocenters. The number of unbranched alkanes of at least 4 members (excludes halogenated alkanes) is 2. The number of aromatic hydroxyl groups is 4. The lowest BCUT2D eigenvalue weighted by molar-refractivity contribution is 0.277. The van der Waals surface area contributed by atoms with Crippen molar-refractivity contribution in [1.29, 1.82) is 0 Å². The van der Waals surface area contributed by atoms with Crippen LogP contribution in [0.15, 0.2) is 30.5 Å². The fraction of sp³-hybridized carbons (Fsp3) is 0.475. The lowest BCUT2D eigenvalue weighted by atomic mass is 10.0. The number of hydrogen-bond donors (Lipinski definition) is 11. The highest BCUT2D eigenvalue weighted by Crippen LogP contribution is 2.28. The molecule has 4 aromatic rings. The number of aromatic nitrogens is 3. The number of pyridine rings is 3. The van der Waals surface area contributed by atoms with Gasteiger partial charge >= 0.3 is 0 Å². The van der Waals surface area contributed by atoms with Gasteiger partial charge in [-0.3, -0.25) is 15.0 Å². The molecule has 0 fully saturated rings. The van der Waals surface area contributed by atoms with Crippen LogP contribution >= 0.6 is 0 Å². The van der Waals surface area contributed by atoms with Crippen molar-refractivity contribution in [2.45, 2.75) is 120 Å². The number of phenols is 1. The van der Waals surface area contributed by atoms with Gasteiger partial charge in [0.05, 0.1) is 36.9 Å². The minimum absolute atomic E-state index is 0.0871. The zero-order valence-electron chi connectivity index (χ0n) is 32.8. The van der Waals surface area contributed by atoms with Gasteiger partial charge < -0.3 is 58.3 Å². The SMILES string of the molecule is CCCCCc1nc(C)c(O)c(CN)c1CO.CCNCc1ccccc1O.CCc1nc(C)c(O)c(CN)c1CO.Cc1ncc(CO)c(CN)c1O. The first-order valence-electron chi connectivity index (χ1n) is 18.3. The van der Waals surface area contributed by atoms with Crippen LogP contribution in [-0.4, -0.2) is 57.2 Å². The Morgan fingerprint density at radius 2 is 1.13 bits per heavy atom. The summed E-state index contributed by atoms with van der Waals surface area (Å²) in [5.74, 6) is 0.682. The predicted molar refractivity (Wildman–Crippen MR) is 211 cm³/mol. The van der Waals surface area contributed by atoms with Gasteiger partial charge in [0.25, 0.3) is 0 Å². The lowest BCUT2D eigenvalue weighted by Crippen LogP contribution is -2.11. The fourth-order valence-electron chi connectivity index (χ4n) is 5.54. The molecule has 300 valence electrons. The maximum absolute atomic E-state index is 9.85. The van der Waals surface area contributed by atoms with Crippen LogP contribution in [0.4, 0.5) is 0 Å². The Morgan fingerprint density at radius 3 is 1.59 bits per heavy atom. The van der Waals surface area contributed by atoms with E-state index >= 15 is 0 Å². The Morgan fingerprint density at radius 1 is 0.611 bits per heavy atom. The Bertz CT molecular complexity index is 1720. The molecule has 0 saturated heterocycles. The maximum atomic E-state index is 9.85. The number of nitrogens with one attached hydrogen (secondary N) is 1. The average molecular weight is 754 g/mol. The molecule has 3 aromatic heterocycles. The molecular formula is C40H63N7O7. The number of rotatable bonds is 14. The normalized spacial score (nSPS) is 10.4. The molecule has 0 atom stereocenters. The highest BCUT2D eigenvalue weighted by atomic mass is 16.3. The number of para-hydroxylation sites is 1. The van der Waals surface area contributed by atoms with Gasteiger partial charge in [0, 0.05) is 82.7 Å². The van der Waals surface area contributed by atoms with Crippen LogP contribution in [0, 0.1) is 20.8 Å². The van der Waals surface area contributed by atoms with E-state index in [1.54, 1.807) is 26.8 Å². The highest BCUT2D eigenvalue weighted by Gasteiger charge is 2.16. The first-order valence-corrected chi connectivity index (χ1v) is 18.3. The third-order valence-electron chi connectivity index (χ3n) is 8.73. The number of phenolic OH excluding ortho intramolecular Hbond substituents is 1. The molecule has 0 saturated carbocycles. The molecule has 14 nitrogen and oxygen atoms in total. The largest absolute Gasteiger partial charge is 0.508 e. The zero-order valence-corrected chi connectivity index (χ0v) is 32.8. The van der Waals surface area contributed by atoms with Gasteiger partial charge in [0.1, 0.15) is 23.0 Å².